The van der Waals surface area contributed by atoms with Crippen LogP contribution >= 0.6 is 11.6 Å². The number of halogens is 1. The van der Waals surface area contributed by atoms with Gasteiger partial charge in [0.1, 0.15) is 5.82 Å². The van der Waals surface area contributed by atoms with Crippen LogP contribution in [0.15, 0.2) is 66.9 Å². The molecule has 1 aromatic heterocycles. The summed E-state index contributed by atoms with van der Waals surface area (Å²) in [6.45, 7) is 2.77. The Morgan fingerprint density at radius 1 is 1.04 bits per heavy atom. The highest BCUT2D eigenvalue weighted by atomic mass is 35.5. The molecule has 0 aliphatic carbocycles. The van der Waals surface area contributed by atoms with Crippen LogP contribution in [0.2, 0.25) is 5.02 Å². The highest BCUT2D eigenvalue weighted by molar-refractivity contribution is 6.30. The molecule has 0 saturated heterocycles. The van der Waals surface area contributed by atoms with E-state index in [0.29, 0.717) is 22.8 Å². The normalized spacial score (nSPS) is 10.3. The Bertz CT molecular complexity index is 861. The van der Waals surface area contributed by atoms with Crippen molar-refractivity contribution in [2.24, 2.45) is 0 Å². The van der Waals surface area contributed by atoms with Crippen LogP contribution in [0.3, 0.4) is 0 Å². The number of nitrogens with zero attached hydrogens (tertiary/aromatic N) is 1. The van der Waals surface area contributed by atoms with Gasteiger partial charge < -0.3 is 10.6 Å². The van der Waals surface area contributed by atoms with Crippen molar-refractivity contribution in [2.75, 3.05) is 10.6 Å². The SMILES string of the molecule is Cc1ccccc1CNc1ccc(C(=O)Nc2ccc(Cl)cc2)cn1. The van der Waals surface area contributed by atoms with E-state index in [2.05, 4.69) is 34.7 Å². The number of benzene rings is 2. The van der Waals surface area contributed by atoms with Crippen LogP contribution in [0.25, 0.3) is 0 Å². The molecule has 0 atom stereocenters. The fraction of sp³-hybridized carbons (Fsp3) is 0.100. The number of pyridine rings is 1. The molecule has 0 saturated carbocycles. The highest BCUT2D eigenvalue weighted by Gasteiger charge is 2.07. The molecule has 3 rings (SSSR count). The predicted molar refractivity (Wildman–Crippen MR) is 102 cm³/mol. The van der Waals surface area contributed by atoms with E-state index < -0.39 is 0 Å². The number of aromatic nitrogens is 1. The minimum absolute atomic E-state index is 0.208. The molecule has 1 amide bonds. The fourth-order valence-corrected chi connectivity index (χ4v) is 2.49. The molecule has 0 radical (unpaired) electrons. The van der Waals surface area contributed by atoms with Crippen molar-refractivity contribution in [3.63, 3.8) is 0 Å². The second kappa shape index (κ2) is 7.81. The average Bonchev–Trinajstić information content (AvgIpc) is 2.63. The lowest BCUT2D eigenvalue weighted by Gasteiger charge is -2.09. The monoisotopic (exact) mass is 351 g/mol. The van der Waals surface area contributed by atoms with E-state index in [1.165, 1.54) is 11.1 Å². The van der Waals surface area contributed by atoms with E-state index in [1.54, 1.807) is 42.6 Å². The van der Waals surface area contributed by atoms with Gasteiger partial charge in [0.15, 0.2) is 0 Å². The van der Waals surface area contributed by atoms with Gasteiger partial charge in [0.05, 0.1) is 5.56 Å². The maximum Gasteiger partial charge on any atom is 0.257 e. The number of carbonyl (C=O) groups excluding carboxylic acids is 1. The third kappa shape index (κ3) is 4.58. The first-order valence-corrected chi connectivity index (χ1v) is 8.31. The summed E-state index contributed by atoms with van der Waals surface area (Å²) in [7, 11) is 0. The second-order valence-electron chi connectivity index (χ2n) is 5.67. The Balaban J connectivity index is 1.60. The minimum atomic E-state index is -0.208. The van der Waals surface area contributed by atoms with Crippen LogP contribution in [0.1, 0.15) is 21.5 Å². The Hall–Kier alpha value is -2.85. The molecule has 3 aromatic rings. The average molecular weight is 352 g/mol. The number of hydrogen-bond donors (Lipinski definition) is 2. The lowest BCUT2D eigenvalue weighted by Crippen LogP contribution is -2.12. The number of nitrogens with one attached hydrogen (secondary N) is 2. The summed E-state index contributed by atoms with van der Waals surface area (Å²) in [6, 6.07) is 18.7. The zero-order chi connectivity index (χ0) is 17.6. The zero-order valence-corrected chi connectivity index (χ0v) is 14.5. The Kier molecular flexibility index (Phi) is 5.31. The van der Waals surface area contributed by atoms with Crippen LogP contribution in [-0.2, 0) is 6.54 Å². The van der Waals surface area contributed by atoms with Crippen molar-refractivity contribution in [3.8, 4) is 0 Å². The van der Waals surface area contributed by atoms with E-state index in [9.17, 15) is 4.79 Å². The van der Waals surface area contributed by atoms with Gasteiger partial charge in [-0.1, -0.05) is 35.9 Å². The molecule has 25 heavy (non-hydrogen) atoms. The number of amides is 1. The molecule has 0 aliphatic heterocycles. The van der Waals surface area contributed by atoms with Crippen molar-refractivity contribution < 1.29 is 4.79 Å². The third-order valence-electron chi connectivity index (χ3n) is 3.85. The largest absolute Gasteiger partial charge is 0.366 e. The van der Waals surface area contributed by atoms with Gasteiger partial charge in [0.25, 0.3) is 5.91 Å². The van der Waals surface area contributed by atoms with Crippen molar-refractivity contribution in [3.05, 3.63) is 88.6 Å². The quantitative estimate of drug-likeness (QED) is 0.686. The van der Waals surface area contributed by atoms with Crippen LogP contribution in [0.4, 0.5) is 11.5 Å². The van der Waals surface area contributed by atoms with Gasteiger partial charge in [0.2, 0.25) is 0 Å². The van der Waals surface area contributed by atoms with Gasteiger partial charge >= 0.3 is 0 Å². The van der Waals surface area contributed by atoms with Crippen molar-refractivity contribution in [1.29, 1.82) is 0 Å². The molecule has 5 heteroatoms. The summed E-state index contributed by atoms with van der Waals surface area (Å²) in [5, 5.41) is 6.71. The summed E-state index contributed by atoms with van der Waals surface area (Å²) in [4.78, 5) is 16.5. The van der Waals surface area contributed by atoms with Gasteiger partial charge in [0, 0.05) is 23.5 Å². The number of carbonyl (C=O) groups is 1. The fourth-order valence-electron chi connectivity index (χ4n) is 2.36. The van der Waals surface area contributed by atoms with Crippen LogP contribution < -0.4 is 10.6 Å². The molecular formula is C20H18ClN3O. The molecule has 0 bridgehead atoms. The number of aryl methyl sites for hydroxylation is 1. The lowest BCUT2D eigenvalue weighted by molar-refractivity contribution is 0.102. The molecule has 126 valence electrons. The summed E-state index contributed by atoms with van der Waals surface area (Å²) < 4.78 is 0. The third-order valence-corrected chi connectivity index (χ3v) is 4.10. The lowest BCUT2D eigenvalue weighted by atomic mass is 10.1. The first-order valence-electron chi connectivity index (χ1n) is 7.93. The molecule has 0 fully saturated rings. The van der Waals surface area contributed by atoms with Crippen molar-refractivity contribution in [1.82, 2.24) is 4.98 Å². The predicted octanol–water partition coefficient (Wildman–Crippen LogP) is 4.91. The topological polar surface area (TPSA) is 54.0 Å². The summed E-state index contributed by atoms with van der Waals surface area (Å²) >= 11 is 5.84. The first-order chi connectivity index (χ1) is 12.1. The van der Waals surface area contributed by atoms with E-state index in [4.69, 9.17) is 11.6 Å². The smallest absolute Gasteiger partial charge is 0.257 e. The van der Waals surface area contributed by atoms with Crippen LogP contribution in [0.5, 0.6) is 0 Å². The van der Waals surface area contributed by atoms with Gasteiger partial charge in [-0.25, -0.2) is 4.98 Å². The maximum absolute atomic E-state index is 12.2. The standard InChI is InChI=1S/C20H18ClN3O/c1-14-4-2-3-5-15(14)12-22-19-11-6-16(13-23-19)20(25)24-18-9-7-17(21)8-10-18/h2-11,13H,12H2,1H3,(H,22,23)(H,24,25). The number of rotatable bonds is 5. The molecule has 2 N–H and O–H groups in total. The molecular weight excluding hydrogens is 334 g/mol. The van der Waals surface area contributed by atoms with E-state index >= 15 is 0 Å². The maximum atomic E-state index is 12.2. The van der Waals surface area contributed by atoms with E-state index in [1.807, 2.05) is 12.1 Å². The molecule has 0 aliphatic rings. The Labute approximate surface area is 151 Å². The summed E-state index contributed by atoms with van der Waals surface area (Å²) in [6.07, 6.45) is 1.56. The van der Waals surface area contributed by atoms with Crippen molar-refractivity contribution in [2.45, 2.75) is 13.5 Å². The second-order valence-corrected chi connectivity index (χ2v) is 6.11. The molecule has 0 unspecified atom stereocenters. The summed E-state index contributed by atoms with van der Waals surface area (Å²) in [5.74, 6) is 0.520. The zero-order valence-electron chi connectivity index (χ0n) is 13.8. The van der Waals surface area contributed by atoms with Gasteiger partial charge in [-0.05, 0) is 54.4 Å². The summed E-state index contributed by atoms with van der Waals surface area (Å²) in [5.41, 5.74) is 3.63. The van der Waals surface area contributed by atoms with Gasteiger partial charge in [-0.2, -0.15) is 0 Å². The number of hydrogen-bond acceptors (Lipinski definition) is 3. The molecule has 2 aromatic carbocycles. The van der Waals surface area contributed by atoms with E-state index in [-0.39, 0.29) is 5.91 Å². The van der Waals surface area contributed by atoms with Gasteiger partial charge in [-0.15, -0.1) is 0 Å². The first kappa shape index (κ1) is 17.0. The minimum Gasteiger partial charge on any atom is -0.366 e. The van der Waals surface area contributed by atoms with E-state index in [0.717, 1.165) is 5.82 Å². The van der Waals surface area contributed by atoms with Gasteiger partial charge in [-0.3, -0.25) is 4.79 Å². The molecule has 4 nitrogen and oxygen atoms in total. The van der Waals surface area contributed by atoms with Crippen LogP contribution in [0, 0.1) is 6.92 Å². The molecule has 1 heterocycles. The Morgan fingerprint density at radius 3 is 2.48 bits per heavy atom. The highest BCUT2D eigenvalue weighted by Crippen LogP contribution is 2.15. The Morgan fingerprint density at radius 2 is 1.80 bits per heavy atom. The molecule has 0 spiro atoms. The van der Waals surface area contributed by atoms with Crippen molar-refractivity contribution >= 4 is 29.0 Å². The number of anilines is 2. The van der Waals surface area contributed by atoms with Crippen LogP contribution in [-0.4, -0.2) is 10.9 Å².